The molecule has 0 bridgehead atoms. The smallest absolute Gasteiger partial charge is 0.102 e. The Morgan fingerprint density at radius 1 is 0.714 bits per heavy atom. The lowest BCUT2D eigenvalue weighted by molar-refractivity contribution is 0.125. The second-order valence-electron chi connectivity index (χ2n) is 6.06. The molecule has 0 amide bonds. The molecule has 2 rings (SSSR count). The predicted octanol–water partition coefficient (Wildman–Crippen LogP) is 4.03. The Bertz CT molecular complexity index is 286. The summed E-state index contributed by atoms with van der Waals surface area (Å²) in [5.41, 5.74) is 0. The lowest BCUT2D eigenvalue weighted by atomic mass is 10.1. The fraction of sp³-hybridized carbons (Fsp3) is 0.778. The van der Waals surface area contributed by atoms with Crippen molar-refractivity contribution in [2.24, 2.45) is 0 Å². The van der Waals surface area contributed by atoms with Crippen LogP contribution in [0.3, 0.4) is 0 Å². The molecule has 0 saturated carbocycles. The van der Waals surface area contributed by atoms with Gasteiger partial charge in [-0.1, -0.05) is 37.8 Å². The summed E-state index contributed by atoms with van der Waals surface area (Å²) in [6, 6.07) is 0. The zero-order valence-corrected chi connectivity index (χ0v) is 13.2. The molecule has 0 aromatic rings. The summed E-state index contributed by atoms with van der Waals surface area (Å²) in [7, 11) is 0. The molecule has 2 heterocycles. The Balaban J connectivity index is 1.24. The Kier molecular flexibility index (Phi) is 7.48. The van der Waals surface area contributed by atoms with Crippen molar-refractivity contribution in [3.05, 3.63) is 25.3 Å². The van der Waals surface area contributed by atoms with Gasteiger partial charge in [-0.25, -0.2) is 0 Å². The molecular weight excluding hydrogens is 264 g/mol. The second kappa shape index (κ2) is 9.39. The minimum atomic E-state index is 0.337. The third-order valence-corrected chi connectivity index (χ3v) is 4.26. The van der Waals surface area contributed by atoms with Crippen LogP contribution in [-0.4, -0.2) is 37.6 Å². The first-order valence-corrected chi connectivity index (χ1v) is 8.49. The Hall–Kier alpha value is -0.640. The van der Waals surface area contributed by atoms with Crippen LogP contribution < -0.4 is 0 Å². The van der Waals surface area contributed by atoms with E-state index in [1.807, 2.05) is 12.2 Å². The van der Waals surface area contributed by atoms with Crippen molar-refractivity contribution < 1.29 is 14.2 Å². The molecule has 3 nitrogen and oxygen atoms in total. The van der Waals surface area contributed by atoms with E-state index < -0.39 is 0 Å². The van der Waals surface area contributed by atoms with Crippen LogP contribution in [0, 0.1) is 0 Å². The van der Waals surface area contributed by atoms with Gasteiger partial charge < -0.3 is 14.2 Å². The van der Waals surface area contributed by atoms with Crippen LogP contribution in [0.5, 0.6) is 0 Å². The van der Waals surface area contributed by atoms with Gasteiger partial charge in [-0.3, -0.25) is 0 Å². The van der Waals surface area contributed by atoms with E-state index in [4.69, 9.17) is 14.2 Å². The fourth-order valence-corrected chi connectivity index (χ4v) is 2.75. The van der Waals surface area contributed by atoms with Crippen LogP contribution in [0.1, 0.15) is 51.4 Å². The van der Waals surface area contributed by atoms with Crippen molar-refractivity contribution in [3.63, 3.8) is 0 Å². The zero-order valence-electron chi connectivity index (χ0n) is 13.2. The van der Waals surface area contributed by atoms with Gasteiger partial charge in [-0.2, -0.15) is 0 Å². The number of unbranched alkanes of at least 4 members (excludes halogenated alkanes) is 4. The molecular formula is C18H30O3. The van der Waals surface area contributed by atoms with Gasteiger partial charge in [-0.15, -0.1) is 13.2 Å². The van der Waals surface area contributed by atoms with E-state index in [-0.39, 0.29) is 0 Å². The summed E-state index contributed by atoms with van der Waals surface area (Å²) in [5, 5.41) is 0. The van der Waals surface area contributed by atoms with Crippen LogP contribution in [0.4, 0.5) is 0 Å². The minimum Gasteiger partial charge on any atom is -0.381 e. The van der Waals surface area contributed by atoms with Crippen LogP contribution in [0.2, 0.25) is 0 Å². The summed E-state index contributed by atoms with van der Waals surface area (Å²) >= 11 is 0. The molecule has 0 aliphatic carbocycles. The standard InChI is InChI=1S/C18H30O3/c1-3-15-17(20-15)11-7-5-9-13-19-14-10-6-8-12-18-16(4-2)21-18/h3-4,15-18H,1-2,5-14H2. The van der Waals surface area contributed by atoms with Crippen molar-refractivity contribution in [3.8, 4) is 0 Å². The van der Waals surface area contributed by atoms with Crippen molar-refractivity contribution in [1.82, 2.24) is 0 Å². The molecule has 3 heteroatoms. The number of ether oxygens (including phenoxy) is 3. The molecule has 0 aromatic heterocycles. The molecule has 2 saturated heterocycles. The molecule has 2 aliphatic rings. The molecule has 120 valence electrons. The first-order chi connectivity index (χ1) is 10.3. The van der Waals surface area contributed by atoms with Crippen molar-refractivity contribution in [1.29, 1.82) is 0 Å². The zero-order chi connectivity index (χ0) is 14.9. The highest BCUT2D eigenvalue weighted by molar-refractivity contribution is 4.98. The van der Waals surface area contributed by atoms with Gasteiger partial charge in [-0.05, 0) is 25.7 Å². The lowest BCUT2D eigenvalue weighted by Crippen LogP contribution is -1.98. The molecule has 0 radical (unpaired) electrons. The SMILES string of the molecule is C=CC1OC1CCCCCOCCCCCC1OC1C=C. The topological polar surface area (TPSA) is 34.3 Å². The van der Waals surface area contributed by atoms with E-state index in [2.05, 4.69) is 13.2 Å². The molecule has 4 atom stereocenters. The normalized spacial score (nSPS) is 30.1. The van der Waals surface area contributed by atoms with E-state index in [1.165, 1.54) is 51.4 Å². The molecule has 0 N–H and O–H groups in total. The molecule has 0 spiro atoms. The first kappa shape index (κ1) is 16.7. The van der Waals surface area contributed by atoms with Gasteiger partial charge in [0.15, 0.2) is 0 Å². The molecule has 2 aliphatic heterocycles. The minimum absolute atomic E-state index is 0.337. The van der Waals surface area contributed by atoms with E-state index in [9.17, 15) is 0 Å². The molecule has 21 heavy (non-hydrogen) atoms. The van der Waals surface area contributed by atoms with Gasteiger partial charge in [0, 0.05) is 13.2 Å². The van der Waals surface area contributed by atoms with E-state index in [0.29, 0.717) is 24.4 Å². The Morgan fingerprint density at radius 2 is 1.19 bits per heavy atom. The molecule has 0 aromatic carbocycles. The van der Waals surface area contributed by atoms with E-state index in [0.717, 1.165) is 13.2 Å². The average Bonchev–Trinajstić information content (AvgIpc) is 3.40. The Morgan fingerprint density at radius 3 is 1.57 bits per heavy atom. The maximum Gasteiger partial charge on any atom is 0.102 e. The van der Waals surface area contributed by atoms with Gasteiger partial charge in [0.1, 0.15) is 12.2 Å². The monoisotopic (exact) mass is 294 g/mol. The lowest BCUT2D eigenvalue weighted by Gasteiger charge is -2.04. The highest BCUT2D eigenvalue weighted by atomic mass is 16.6. The van der Waals surface area contributed by atoms with Gasteiger partial charge >= 0.3 is 0 Å². The number of rotatable bonds is 14. The van der Waals surface area contributed by atoms with Crippen LogP contribution in [-0.2, 0) is 14.2 Å². The molecule has 4 unspecified atom stereocenters. The van der Waals surface area contributed by atoms with Gasteiger partial charge in [0.2, 0.25) is 0 Å². The maximum absolute atomic E-state index is 5.67. The number of hydrogen-bond donors (Lipinski definition) is 0. The van der Waals surface area contributed by atoms with Crippen molar-refractivity contribution >= 4 is 0 Å². The Labute approximate surface area is 129 Å². The van der Waals surface area contributed by atoms with Crippen LogP contribution in [0.15, 0.2) is 25.3 Å². The largest absolute Gasteiger partial charge is 0.381 e. The van der Waals surface area contributed by atoms with E-state index >= 15 is 0 Å². The third-order valence-electron chi connectivity index (χ3n) is 4.26. The third kappa shape index (κ3) is 6.77. The quantitative estimate of drug-likeness (QED) is 0.275. The second-order valence-corrected chi connectivity index (χ2v) is 6.06. The van der Waals surface area contributed by atoms with Crippen molar-refractivity contribution in [2.75, 3.05) is 13.2 Å². The number of epoxide rings is 2. The number of hydrogen-bond acceptors (Lipinski definition) is 3. The van der Waals surface area contributed by atoms with Gasteiger partial charge in [0.25, 0.3) is 0 Å². The van der Waals surface area contributed by atoms with Crippen LogP contribution in [0.25, 0.3) is 0 Å². The fourth-order valence-electron chi connectivity index (χ4n) is 2.75. The maximum atomic E-state index is 5.67. The highest BCUT2D eigenvalue weighted by Crippen LogP contribution is 2.28. The van der Waals surface area contributed by atoms with E-state index in [1.54, 1.807) is 0 Å². The van der Waals surface area contributed by atoms with Crippen molar-refractivity contribution in [2.45, 2.75) is 75.8 Å². The summed E-state index contributed by atoms with van der Waals surface area (Å²) in [6.07, 6.45) is 15.0. The average molecular weight is 294 g/mol. The summed E-state index contributed by atoms with van der Waals surface area (Å²) < 4.78 is 16.5. The predicted molar refractivity (Wildman–Crippen MR) is 85.5 cm³/mol. The molecule has 2 fully saturated rings. The van der Waals surface area contributed by atoms with Gasteiger partial charge in [0.05, 0.1) is 12.2 Å². The summed E-state index contributed by atoms with van der Waals surface area (Å²) in [4.78, 5) is 0. The highest BCUT2D eigenvalue weighted by Gasteiger charge is 2.35. The van der Waals surface area contributed by atoms with Crippen LogP contribution >= 0.6 is 0 Å². The first-order valence-electron chi connectivity index (χ1n) is 8.49. The summed E-state index contributed by atoms with van der Waals surface area (Å²) in [6.45, 7) is 9.28. The summed E-state index contributed by atoms with van der Waals surface area (Å²) in [5.74, 6) is 0.